The van der Waals surface area contributed by atoms with Crippen LogP contribution in [0, 0.1) is 0 Å². The Balaban J connectivity index is 1.44. The van der Waals surface area contributed by atoms with E-state index in [9.17, 15) is 14.4 Å². The van der Waals surface area contributed by atoms with Crippen molar-refractivity contribution in [1.82, 2.24) is 14.8 Å². The number of aromatic nitrogens is 3. The number of H-pyrrole nitrogens is 1. The SMILES string of the molecule is C[C@H]1C(=O)Nc2ccc(C(=O)CSc3n[nH]c(=O)n3C[C@H]3CCCO3)cc21. The topological polar surface area (TPSA) is 106 Å². The van der Waals surface area contributed by atoms with Gasteiger partial charge in [0.2, 0.25) is 5.91 Å². The van der Waals surface area contributed by atoms with E-state index < -0.39 is 0 Å². The molecule has 2 aromatic rings. The van der Waals surface area contributed by atoms with Crippen molar-refractivity contribution in [2.45, 2.75) is 43.5 Å². The lowest BCUT2D eigenvalue weighted by atomic mass is 9.99. The van der Waals surface area contributed by atoms with Gasteiger partial charge in [0.1, 0.15) is 0 Å². The van der Waals surface area contributed by atoms with Gasteiger partial charge in [0.15, 0.2) is 10.9 Å². The molecule has 0 bridgehead atoms. The van der Waals surface area contributed by atoms with Gasteiger partial charge in [-0.3, -0.25) is 14.2 Å². The molecular weight excluding hydrogens is 368 g/mol. The number of fused-ring (bicyclic) bond motifs is 1. The highest BCUT2D eigenvalue weighted by Gasteiger charge is 2.27. The Hall–Kier alpha value is -2.39. The number of anilines is 1. The molecule has 27 heavy (non-hydrogen) atoms. The quantitative estimate of drug-likeness (QED) is 0.577. The summed E-state index contributed by atoms with van der Waals surface area (Å²) >= 11 is 1.22. The van der Waals surface area contributed by atoms with Crippen molar-refractivity contribution in [3.8, 4) is 0 Å². The van der Waals surface area contributed by atoms with Crippen molar-refractivity contribution in [2.75, 3.05) is 17.7 Å². The van der Waals surface area contributed by atoms with E-state index in [-0.39, 0.29) is 35.2 Å². The maximum absolute atomic E-state index is 12.6. The van der Waals surface area contributed by atoms with Crippen LogP contribution in [0.5, 0.6) is 0 Å². The number of amides is 1. The lowest BCUT2D eigenvalue weighted by Crippen LogP contribution is -2.25. The minimum Gasteiger partial charge on any atom is -0.376 e. The molecule has 1 aromatic carbocycles. The van der Waals surface area contributed by atoms with Crippen LogP contribution in [0.3, 0.4) is 0 Å². The number of hydrogen-bond donors (Lipinski definition) is 2. The number of ether oxygens (including phenoxy) is 1. The number of aromatic amines is 1. The number of thioether (sulfide) groups is 1. The molecule has 3 heterocycles. The number of hydrogen-bond acceptors (Lipinski definition) is 6. The van der Waals surface area contributed by atoms with Crippen molar-refractivity contribution < 1.29 is 14.3 Å². The predicted octanol–water partition coefficient (Wildman–Crippen LogP) is 1.78. The van der Waals surface area contributed by atoms with Crippen molar-refractivity contribution in [1.29, 1.82) is 0 Å². The molecule has 0 unspecified atom stereocenters. The van der Waals surface area contributed by atoms with Gasteiger partial charge in [0.25, 0.3) is 0 Å². The van der Waals surface area contributed by atoms with Crippen LogP contribution in [-0.4, -0.2) is 44.9 Å². The normalized spacial score (nSPS) is 21.3. The predicted molar refractivity (Wildman–Crippen MR) is 100 cm³/mol. The summed E-state index contributed by atoms with van der Waals surface area (Å²) < 4.78 is 7.11. The number of benzene rings is 1. The highest BCUT2D eigenvalue weighted by Crippen LogP contribution is 2.33. The second kappa shape index (κ2) is 7.32. The van der Waals surface area contributed by atoms with E-state index in [2.05, 4.69) is 15.5 Å². The first-order valence-electron chi connectivity index (χ1n) is 8.90. The number of Topliss-reactive ketones (excluding diaryl/α,β-unsaturated/α-hetero) is 1. The first-order chi connectivity index (χ1) is 13.0. The molecule has 2 atom stereocenters. The zero-order valence-electron chi connectivity index (χ0n) is 14.9. The zero-order valence-corrected chi connectivity index (χ0v) is 15.7. The van der Waals surface area contributed by atoms with Gasteiger partial charge in [-0.1, -0.05) is 11.8 Å². The second-order valence-electron chi connectivity index (χ2n) is 6.78. The maximum atomic E-state index is 12.6. The van der Waals surface area contributed by atoms with E-state index in [1.54, 1.807) is 18.2 Å². The van der Waals surface area contributed by atoms with Crippen LogP contribution in [0.1, 0.15) is 41.6 Å². The lowest BCUT2D eigenvalue weighted by molar-refractivity contribution is -0.116. The highest BCUT2D eigenvalue weighted by molar-refractivity contribution is 7.99. The molecule has 1 amide bonds. The molecular formula is C18H20N4O4S. The van der Waals surface area contributed by atoms with E-state index in [1.807, 2.05) is 6.92 Å². The third-order valence-corrected chi connectivity index (χ3v) is 5.93. The molecule has 142 valence electrons. The smallest absolute Gasteiger partial charge is 0.344 e. The van der Waals surface area contributed by atoms with Crippen molar-refractivity contribution >= 4 is 29.1 Å². The standard InChI is InChI=1S/C18H20N4O4S/c1-10-13-7-11(4-5-14(13)19-16(10)24)15(23)9-27-18-21-20-17(25)22(18)8-12-3-2-6-26-12/h4-5,7,10,12H,2-3,6,8-9H2,1H3,(H,19,24)(H,20,25)/t10-,12-/m1/s1. The molecule has 2 aliphatic heterocycles. The molecule has 0 aliphatic carbocycles. The monoisotopic (exact) mass is 388 g/mol. The molecule has 1 fully saturated rings. The summed E-state index contributed by atoms with van der Waals surface area (Å²) in [6, 6.07) is 5.24. The molecule has 1 aromatic heterocycles. The number of carbonyl (C=O) groups excluding carboxylic acids is 2. The largest absolute Gasteiger partial charge is 0.376 e. The fraction of sp³-hybridized carbons (Fsp3) is 0.444. The Bertz CT molecular complexity index is 945. The van der Waals surface area contributed by atoms with Gasteiger partial charge in [-0.15, -0.1) is 5.10 Å². The summed E-state index contributed by atoms with van der Waals surface area (Å²) in [5, 5.41) is 9.75. The summed E-state index contributed by atoms with van der Waals surface area (Å²) in [4.78, 5) is 36.3. The van der Waals surface area contributed by atoms with Crippen LogP contribution in [0.15, 0.2) is 28.2 Å². The third kappa shape index (κ3) is 3.57. The number of carbonyl (C=O) groups is 2. The summed E-state index contributed by atoms with van der Waals surface area (Å²) in [5.74, 6) is -0.236. The van der Waals surface area contributed by atoms with Gasteiger partial charge >= 0.3 is 5.69 Å². The van der Waals surface area contributed by atoms with Crippen LogP contribution in [-0.2, 0) is 16.1 Å². The molecule has 1 saturated heterocycles. The van der Waals surface area contributed by atoms with Gasteiger partial charge in [-0.05, 0) is 43.5 Å². The lowest BCUT2D eigenvalue weighted by Gasteiger charge is -2.11. The van der Waals surface area contributed by atoms with E-state index >= 15 is 0 Å². The molecule has 0 radical (unpaired) electrons. The average Bonchev–Trinajstić information content (AvgIpc) is 3.36. The van der Waals surface area contributed by atoms with Gasteiger partial charge in [-0.2, -0.15) is 0 Å². The first kappa shape index (κ1) is 18.0. The van der Waals surface area contributed by atoms with E-state index in [0.717, 1.165) is 24.1 Å². The summed E-state index contributed by atoms with van der Waals surface area (Å²) in [6.07, 6.45) is 1.92. The number of ketones is 1. The Labute approximate surface area is 159 Å². The van der Waals surface area contributed by atoms with Gasteiger partial charge in [0.05, 0.1) is 24.3 Å². The molecule has 0 saturated carbocycles. The molecule has 2 N–H and O–H groups in total. The van der Waals surface area contributed by atoms with Gasteiger partial charge < -0.3 is 10.1 Å². The molecule has 0 spiro atoms. The summed E-state index contributed by atoms with van der Waals surface area (Å²) in [7, 11) is 0. The number of nitrogens with zero attached hydrogens (tertiary/aromatic N) is 2. The molecule has 8 nitrogen and oxygen atoms in total. The van der Waals surface area contributed by atoms with Crippen LogP contribution in [0.4, 0.5) is 5.69 Å². The van der Waals surface area contributed by atoms with Crippen molar-refractivity contribution in [2.24, 2.45) is 0 Å². The fourth-order valence-corrected chi connectivity index (χ4v) is 4.22. The maximum Gasteiger partial charge on any atom is 0.344 e. The summed E-state index contributed by atoms with van der Waals surface area (Å²) in [6.45, 7) is 2.97. The van der Waals surface area contributed by atoms with Crippen LogP contribution >= 0.6 is 11.8 Å². The van der Waals surface area contributed by atoms with Crippen LogP contribution < -0.4 is 11.0 Å². The van der Waals surface area contributed by atoms with E-state index in [4.69, 9.17) is 4.74 Å². The van der Waals surface area contributed by atoms with Crippen molar-refractivity contribution in [3.05, 3.63) is 39.8 Å². The third-order valence-electron chi connectivity index (χ3n) is 4.96. The Morgan fingerprint density at radius 3 is 3.04 bits per heavy atom. The fourth-order valence-electron chi connectivity index (χ4n) is 3.37. The molecule has 4 rings (SSSR count). The zero-order chi connectivity index (χ0) is 19.0. The van der Waals surface area contributed by atoms with Gasteiger partial charge in [-0.25, -0.2) is 9.89 Å². The van der Waals surface area contributed by atoms with E-state index in [0.29, 0.717) is 23.9 Å². The number of rotatable bonds is 6. The summed E-state index contributed by atoms with van der Waals surface area (Å²) in [5.41, 5.74) is 1.85. The highest BCUT2D eigenvalue weighted by atomic mass is 32.2. The minimum absolute atomic E-state index is 0.0126. The Kier molecular flexibility index (Phi) is 4.88. The Morgan fingerprint density at radius 2 is 2.26 bits per heavy atom. The van der Waals surface area contributed by atoms with Gasteiger partial charge in [0, 0.05) is 17.9 Å². The van der Waals surface area contributed by atoms with Crippen molar-refractivity contribution in [3.63, 3.8) is 0 Å². The number of nitrogens with one attached hydrogen (secondary N) is 2. The minimum atomic E-state index is -0.295. The first-order valence-corrected chi connectivity index (χ1v) is 9.89. The van der Waals surface area contributed by atoms with Crippen LogP contribution in [0.2, 0.25) is 0 Å². The van der Waals surface area contributed by atoms with E-state index in [1.165, 1.54) is 16.3 Å². The van der Waals surface area contributed by atoms with Crippen LogP contribution in [0.25, 0.3) is 0 Å². The second-order valence-corrected chi connectivity index (χ2v) is 7.72. The molecule has 9 heteroatoms. The average molecular weight is 388 g/mol. The Morgan fingerprint density at radius 1 is 1.41 bits per heavy atom. The molecule has 2 aliphatic rings.